The van der Waals surface area contributed by atoms with E-state index in [0.29, 0.717) is 28.0 Å². The molecule has 0 saturated carbocycles. The van der Waals surface area contributed by atoms with Gasteiger partial charge in [0, 0.05) is 17.4 Å². The number of hydrogen-bond acceptors (Lipinski definition) is 3. The van der Waals surface area contributed by atoms with Crippen LogP contribution in [-0.4, -0.2) is 16.1 Å². The van der Waals surface area contributed by atoms with Crippen LogP contribution in [0.25, 0.3) is 5.52 Å². The quantitative estimate of drug-likeness (QED) is 0.479. The fourth-order valence-corrected chi connectivity index (χ4v) is 3.62. The number of nitrogens with zero attached hydrogens (tertiary/aromatic N) is 1. The largest absolute Gasteiger partial charge is 0.396 e. The van der Waals surface area contributed by atoms with E-state index in [1.165, 1.54) is 0 Å². The molecule has 0 spiro atoms. The zero-order valence-electron chi connectivity index (χ0n) is 17.2. The van der Waals surface area contributed by atoms with Crippen LogP contribution >= 0.6 is 0 Å². The number of amides is 1. The van der Waals surface area contributed by atoms with E-state index in [-0.39, 0.29) is 17.4 Å². The molecule has 0 aliphatic carbocycles. The number of aryl methyl sites for hydroxylation is 3. The number of anilines is 2. The number of pyridine rings is 1. The lowest BCUT2D eigenvalue weighted by Crippen LogP contribution is -2.14. The highest BCUT2D eigenvalue weighted by atomic mass is 16.2. The van der Waals surface area contributed by atoms with E-state index < -0.39 is 0 Å². The molecule has 0 unspecified atom stereocenters. The minimum absolute atomic E-state index is 0.176. The van der Waals surface area contributed by atoms with Crippen LogP contribution in [-0.2, 0) is 0 Å². The van der Waals surface area contributed by atoms with Gasteiger partial charge in [0.2, 0.25) is 5.78 Å². The molecular weight excluding hydrogens is 374 g/mol. The Morgan fingerprint density at radius 1 is 0.867 bits per heavy atom. The average molecular weight is 397 g/mol. The Morgan fingerprint density at radius 3 is 2.33 bits per heavy atom. The van der Waals surface area contributed by atoms with Gasteiger partial charge < -0.3 is 15.5 Å². The van der Waals surface area contributed by atoms with Crippen LogP contribution in [0.3, 0.4) is 0 Å². The molecule has 0 saturated heterocycles. The molecule has 30 heavy (non-hydrogen) atoms. The summed E-state index contributed by atoms with van der Waals surface area (Å²) in [5.41, 5.74) is 12.1. The van der Waals surface area contributed by atoms with Crippen LogP contribution in [0, 0.1) is 20.8 Å². The second kappa shape index (κ2) is 7.52. The van der Waals surface area contributed by atoms with E-state index in [1.807, 2.05) is 69.3 Å². The third kappa shape index (κ3) is 3.24. The van der Waals surface area contributed by atoms with Crippen molar-refractivity contribution in [2.75, 3.05) is 11.1 Å². The van der Waals surface area contributed by atoms with E-state index in [0.717, 1.165) is 16.7 Å². The maximum absolute atomic E-state index is 13.4. The number of carbonyl (C=O) groups is 2. The molecule has 4 rings (SSSR count). The van der Waals surface area contributed by atoms with Gasteiger partial charge in [-0.3, -0.25) is 9.59 Å². The first-order valence-corrected chi connectivity index (χ1v) is 9.76. The highest BCUT2D eigenvalue weighted by Gasteiger charge is 2.26. The van der Waals surface area contributed by atoms with Gasteiger partial charge in [0.25, 0.3) is 5.91 Å². The summed E-state index contributed by atoms with van der Waals surface area (Å²) in [5.74, 6) is -0.559. The lowest BCUT2D eigenvalue weighted by atomic mass is 10.0. The lowest BCUT2D eigenvalue weighted by Gasteiger charge is -2.08. The monoisotopic (exact) mass is 397 g/mol. The van der Waals surface area contributed by atoms with Gasteiger partial charge in [-0.05, 0) is 61.7 Å². The molecular formula is C25H23N3O2. The van der Waals surface area contributed by atoms with Gasteiger partial charge in [0.1, 0.15) is 5.69 Å². The van der Waals surface area contributed by atoms with Gasteiger partial charge >= 0.3 is 0 Å². The predicted molar refractivity (Wildman–Crippen MR) is 120 cm³/mol. The number of carbonyl (C=O) groups excluding carboxylic acids is 2. The summed E-state index contributed by atoms with van der Waals surface area (Å²) in [6.45, 7) is 5.89. The molecule has 0 aliphatic heterocycles. The average Bonchev–Trinajstić information content (AvgIpc) is 3.03. The maximum atomic E-state index is 13.4. The predicted octanol–water partition coefficient (Wildman–Crippen LogP) is 4.93. The molecule has 150 valence electrons. The highest BCUT2D eigenvalue weighted by molar-refractivity contribution is 6.20. The molecule has 0 radical (unpaired) electrons. The Kier molecular flexibility index (Phi) is 4.88. The first-order valence-electron chi connectivity index (χ1n) is 9.76. The summed E-state index contributed by atoms with van der Waals surface area (Å²) in [5, 5.41) is 2.92. The third-order valence-corrected chi connectivity index (χ3v) is 5.49. The number of nitrogens with one attached hydrogen (secondary N) is 1. The Balaban J connectivity index is 1.84. The van der Waals surface area contributed by atoms with Gasteiger partial charge in [-0.25, -0.2) is 0 Å². The van der Waals surface area contributed by atoms with Crippen LogP contribution < -0.4 is 11.1 Å². The summed E-state index contributed by atoms with van der Waals surface area (Å²) in [6.07, 6.45) is 1.75. The summed E-state index contributed by atoms with van der Waals surface area (Å²) in [4.78, 5) is 26.5. The number of rotatable bonds is 4. The van der Waals surface area contributed by atoms with Crippen molar-refractivity contribution in [3.63, 3.8) is 0 Å². The Hall–Kier alpha value is -3.86. The number of benzene rings is 2. The number of nitrogens with two attached hydrogens (primary N) is 1. The van der Waals surface area contributed by atoms with Crippen LogP contribution in [0.15, 0.2) is 66.9 Å². The second-order valence-electron chi connectivity index (χ2n) is 7.49. The minimum atomic E-state index is -0.343. The van der Waals surface area contributed by atoms with Gasteiger partial charge in [-0.1, -0.05) is 36.4 Å². The van der Waals surface area contributed by atoms with Crippen LogP contribution in [0.4, 0.5) is 11.4 Å². The summed E-state index contributed by atoms with van der Waals surface area (Å²) < 4.78 is 1.69. The first kappa shape index (κ1) is 19.5. The van der Waals surface area contributed by atoms with Crippen LogP contribution in [0.5, 0.6) is 0 Å². The molecule has 2 heterocycles. The van der Waals surface area contributed by atoms with Crippen molar-refractivity contribution in [1.82, 2.24) is 4.40 Å². The van der Waals surface area contributed by atoms with Crippen molar-refractivity contribution < 1.29 is 9.59 Å². The molecule has 1 amide bonds. The van der Waals surface area contributed by atoms with Gasteiger partial charge in [0.15, 0.2) is 0 Å². The lowest BCUT2D eigenvalue weighted by molar-refractivity contribution is 0.102. The normalized spacial score (nSPS) is 10.9. The van der Waals surface area contributed by atoms with Crippen molar-refractivity contribution in [2.24, 2.45) is 0 Å². The summed E-state index contributed by atoms with van der Waals surface area (Å²) >= 11 is 0. The Morgan fingerprint density at radius 2 is 1.60 bits per heavy atom. The van der Waals surface area contributed by atoms with E-state index in [1.54, 1.807) is 22.7 Å². The second-order valence-corrected chi connectivity index (χ2v) is 7.49. The van der Waals surface area contributed by atoms with Gasteiger partial charge in [-0.15, -0.1) is 0 Å². The van der Waals surface area contributed by atoms with Crippen molar-refractivity contribution in [2.45, 2.75) is 20.8 Å². The Bertz CT molecular complexity index is 1300. The third-order valence-electron chi connectivity index (χ3n) is 5.49. The van der Waals surface area contributed by atoms with Crippen molar-refractivity contribution in [3.8, 4) is 0 Å². The molecule has 0 fully saturated rings. The number of para-hydroxylation sites is 1. The zero-order valence-corrected chi connectivity index (χ0v) is 17.2. The van der Waals surface area contributed by atoms with E-state index in [9.17, 15) is 9.59 Å². The zero-order chi connectivity index (χ0) is 21.4. The fraction of sp³-hybridized carbons (Fsp3) is 0.120. The SMILES string of the molecule is Cc1ccc(C(=O)c2c(N)c(C(=O)Nc3ccccc3C)c3ccccn23)cc1C. The van der Waals surface area contributed by atoms with Crippen molar-refractivity contribution >= 4 is 28.6 Å². The van der Waals surface area contributed by atoms with Crippen molar-refractivity contribution in [3.05, 3.63) is 100 Å². The summed E-state index contributed by atoms with van der Waals surface area (Å²) in [7, 11) is 0. The molecule has 4 aromatic rings. The number of aromatic nitrogens is 1. The minimum Gasteiger partial charge on any atom is -0.396 e. The molecule has 5 nitrogen and oxygen atoms in total. The molecule has 0 aliphatic rings. The fourth-order valence-electron chi connectivity index (χ4n) is 3.62. The van der Waals surface area contributed by atoms with Crippen molar-refractivity contribution in [1.29, 1.82) is 0 Å². The maximum Gasteiger partial charge on any atom is 0.259 e. The van der Waals surface area contributed by atoms with Gasteiger partial charge in [0.05, 0.1) is 16.8 Å². The molecule has 0 bridgehead atoms. The first-order chi connectivity index (χ1) is 14.4. The van der Waals surface area contributed by atoms with Crippen LogP contribution in [0.1, 0.15) is 43.1 Å². The molecule has 2 aromatic heterocycles. The van der Waals surface area contributed by atoms with Gasteiger partial charge in [-0.2, -0.15) is 0 Å². The summed E-state index contributed by atoms with van der Waals surface area (Å²) in [6, 6.07) is 18.5. The standard InChI is InChI=1S/C25H23N3O2/c1-15-11-12-18(14-17(15)3)24(29)23-22(26)21(20-10-6-7-13-28(20)23)25(30)27-19-9-5-4-8-16(19)2/h4-14H,26H2,1-3H3,(H,27,30). The smallest absolute Gasteiger partial charge is 0.259 e. The van der Waals surface area contributed by atoms with Crippen LogP contribution in [0.2, 0.25) is 0 Å². The van der Waals surface area contributed by atoms with E-state index in [4.69, 9.17) is 5.73 Å². The molecule has 5 heteroatoms. The number of nitrogen functional groups attached to an aromatic ring is 1. The van der Waals surface area contributed by atoms with E-state index >= 15 is 0 Å². The number of ketones is 1. The molecule has 3 N–H and O–H groups in total. The highest BCUT2D eigenvalue weighted by Crippen LogP contribution is 2.30. The topological polar surface area (TPSA) is 76.6 Å². The number of fused-ring (bicyclic) bond motifs is 1. The number of hydrogen-bond donors (Lipinski definition) is 2. The molecule has 0 atom stereocenters. The molecule has 2 aromatic carbocycles. The Labute approximate surface area is 175 Å². The van der Waals surface area contributed by atoms with E-state index in [2.05, 4.69) is 5.32 Å².